The van der Waals surface area contributed by atoms with Gasteiger partial charge in [0.1, 0.15) is 0 Å². The molecule has 0 unspecified atom stereocenters. The smallest absolute Gasteiger partial charge is 0.0525 e. The Balaban J connectivity index is 2.29. The van der Waals surface area contributed by atoms with Crippen molar-refractivity contribution >= 4 is 22.7 Å². The molecule has 96 valence electrons. The Bertz CT molecular complexity index is 483. The Morgan fingerprint density at radius 2 is 2.06 bits per heavy atom. The highest BCUT2D eigenvalue weighted by molar-refractivity contribution is 7.09. The molecule has 0 aliphatic carbocycles. The van der Waals surface area contributed by atoms with Gasteiger partial charge in [-0.1, -0.05) is 6.07 Å². The fraction of sp³-hybridized carbons (Fsp3) is 0.333. The molecule has 2 aromatic rings. The van der Waals surface area contributed by atoms with E-state index in [4.69, 9.17) is 5.73 Å². The minimum absolute atomic E-state index is 0.452. The van der Waals surface area contributed by atoms with Gasteiger partial charge < -0.3 is 10.6 Å². The molecule has 0 bridgehead atoms. The lowest BCUT2D eigenvalue weighted by Crippen LogP contribution is -2.29. The average molecular weight is 260 g/mol. The molecule has 0 aliphatic heterocycles. The van der Waals surface area contributed by atoms with Crippen LogP contribution in [0.5, 0.6) is 0 Å². The molecule has 3 heteroatoms. The van der Waals surface area contributed by atoms with Crippen LogP contribution in [0.3, 0.4) is 0 Å². The third-order valence-electron chi connectivity index (χ3n) is 2.95. The minimum atomic E-state index is 0.452. The van der Waals surface area contributed by atoms with Crippen LogP contribution in [0.2, 0.25) is 0 Å². The van der Waals surface area contributed by atoms with Crippen LogP contribution in [0.25, 0.3) is 0 Å². The molecule has 18 heavy (non-hydrogen) atoms. The van der Waals surface area contributed by atoms with E-state index in [1.165, 1.54) is 16.1 Å². The predicted molar refractivity (Wildman–Crippen MR) is 81.2 cm³/mol. The molecule has 1 aromatic heterocycles. The van der Waals surface area contributed by atoms with Crippen molar-refractivity contribution in [2.75, 3.05) is 10.6 Å². The zero-order valence-corrected chi connectivity index (χ0v) is 12.0. The Hall–Kier alpha value is -1.48. The Morgan fingerprint density at radius 3 is 2.61 bits per heavy atom. The first-order valence-corrected chi connectivity index (χ1v) is 7.10. The van der Waals surface area contributed by atoms with E-state index < -0.39 is 0 Å². The van der Waals surface area contributed by atoms with Gasteiger partial charge in [-0.25, -0.2) is 0 Å². The Kier molecular flexibility index (Phi) is 3.92. The number of hydrogen-bond donors (Lipinski definition) is 1. The van der Waals surface area contributed by atoms with Gasteiger partial charge in [-0.15, -0.1) is 11.3 Å². The maximum absolute atomic E-state index is 5.95. The zero-order valence-electron chi connectivity index (χ0n) is 11.2. The molecule has 2 nitrogen and oxygen atoms in total. The Morgan fingerprint density at radius 1 is 1.28 bits per heavy atom. The van der Waals surface area contributed by atoms with Crippen molar-refractivity contribution in [2.45, 2.75) is 33.4 Å². The van der Waals surface area contributed by atoms with Crippen molar-refractivity contribution < 1.29 is 0 Å². The first kappa shape index (κ1) is 13.0. The summed E-state index contributed by atoms with van der Waals surface area (Å²) in [5.74, 6) is 0. The fourth-order valence-electron chi connectivity index (χ4n) is 2.10. The van der Waals surface area contributed by atoms with E-state index in [2.05, 4.69) is 55.3 Å². The number of thiophene rings is 1. The summed E-state index contributed by atoms with van der Waals surface area (Å²) in [6.07, 6.45) is 0. The Labute approximate surface area is 113 Å². The van der Waals surface area contributed by atoms with Crippen LogP contribution in [-0.4, -0.2) is 6.04 Å². The molecule has 0 spiro atoms. The molecule has 1 heterocycles. The van der Waals surface area contributed by atoms with Gasteiger partial charge in [0, 0.05) is 22.3 Å². The minimum Gasteiger partial charge on any atom is -0.399 e. The number of nitrogens with two attached hydrogens (primary N) is 1. The summed E-state index contributed by atoms with van der Waals surface area (Å²) in [5, 5.41) is 2.12. The van der Waals surface area contributed by atoms with Gasteiger partial charge in [0.05, 0.1) is 6.54 Å². The summed E-state index contributed by atoms with van der Waals surface area (Å²) in [6.45, 7) is 7.46. The van der Waals surface area contributed by atoms with Crippen molar-refractivity contribution in [3.8, 4) is 0 Å². The summed E-state index contributed by atoms with van der Waals surface area (Å²) in [7, 11) is 0. The molecule has 0 saturated carbocycles. The molecule has 2 rings (SSSR count). The summed E-state index contributed by atoms with van der Waals surface area (Å²) < 4.78 is 0. The lowest BCUT2D eigenvalue weighted by Gasteiger charge is -2.29. The van der Waals surface area contributed by atoms with Crippen LogP contribution in [0.1, 0.15) is 24.3 Å². The number of hydrogen-bond acceptors (Lipinski definition) is 3. The standard InChI is InChI=1S/C15H20N2S/c1-11(2)17(10-15-5-4-6-18-15)14-8-12(3)7-13(16)9-14/h4-9,11H,10,16H2,1-3H3. The maximum Gasteiger partial charge on any atom is 0.0525 e. The quantitative estimate of drug-likeness (QED) is 0.840. The van der Waals surface area contributed by atoms with Gasteiger partial charge in [-0.3, -0.25) is 0 Å². The van der Waals surface area contributed by atoms with Gasteiger partial charge in [0.25, 0.3) is 0 Å². The highest BCUT2D eigenvalue weighted by atomic mass is 32.1. The first-order valence-electron chi connectivity index (χ1n) is 6.22. The van der Waals surface area contributed by atoms with Gasteiger partial charge >= 0.3 is 0 Å². The van der Waals surface area contributed by atoms with Gasteiger partial charge in [-0.05, 0) is 56.0 Å². The van der Waals surface area contributed by atoms with E-state index in [1.807, 2.05) is 6.07 Å². The van der Waals surface area contributed by atoms with Gasteiger partial charge in [0.2, 0.25) is 0 Å². The average Bonchev–Trinajstić information content (AvgIpc) is 2.76. The summed E-state index contributed by atoms with van der Waals surface area (Å²) in [4.78, 5) is 3.76. The van der Waals surface area contributed by atoms with Crippen molar-refractivity contribution in [3.63, 3.8) is 0 Å². The second kappa shape index (κ2) is 5.44. The van der Waals surface area contributed by atoms with Crippen molar-refractivity contribution in [2.24, 2.45) is 0 Å². The molecule has 0 atom stereocenters. The summed E-state index contributed by atoms with van der Waals surface area (Å²) in [5.41, 5.74) is 9.20. The van der Waals surface area contributed by atoms with E-state index in [1.54, 1.807) is 11.3 Å². The monoisotopic (exact) mass is 260 g/mol. The number of nitrogens with zero attached hydrogens (tertiary/aromatic N) is 1. The van der Waals surface area contributed by atoms with Gasteiger partial charge in [-0.2, -0.15) is 0 Å². The summed E-state index contributed by atoms with van der Waals surface area (Å²) >= 11 is 1.80. The van der Waals surface area contributed by atoms with Crippen molar-refractivity contribution in [1.82, 2.24) is 0 Å². The molecule has 0 aliphatic rings. The second-order valence-electron chi connectivity index (χ2n) is 4.90. The molecular formula is C15H20N2S. The lowest BCUT2D eigenvalue weighted by atomic mass is 10.1. The zero-order chi connectivity index (χ0) is 13.1. The number of nitrogen functional groups attached to an aromatic ring is 1. The van der Waals surface area contributed by atoms with E-state index in [0.717, 1.165) is 12.2 Å². The molecule has 1 aromatic carbocycles. The topological polar surface area (TPSA) is 29.3 Å². The van der Waals surface area contributed by atoms with Crippen molar-refractivity contribution in [3.05, 3.63) is 46.2 Å². The number of rotatable bonds is 4. The summed E-state index contributed by atoms with van der Waals surface area (Å²) in [6, 6.07) is 11.0. The normalized spacial score (nSPS) is 10.9. The third kappa shape index (κ3) is 3.05. The SMILES string of the molecule is Cc1cc(N)cc(N(Cc2cccs2)C(C)C)c1. The molecule has 0 fully saturated rings. The van der Waals surface area contributed by atoms with Crippen LogP contribution in [0.4, 0.5) is 11.4 Å². The maximum atomic E-state index is 5.95. The van der Waals surface area contributed by atoms with E-state index >= 15 is 0 Å². The largest absolute Gasteiger partial charge is 0.399 e. The van der Waals surface area contributed by atoms with E-state index in [9.17, 15) is 0 Å². The van der Waals surface area contributed by atoms with Crippen LogP contribution in [-0.2, 0) is 6.54 Å². The van der Waals surface area contributed by atoms with E-state index in [0.29, 0.717) is 6.04 Å². The molecule has 2 N–H and O–H groups in total. The molecule has 0 saturated heterocycles. The van der Waals surface area contributed by atoms with Gasteiger partial charge in [0.15, 0.2) is 0 Å². The molecular weight excluding hydrogens is 240 g/mol. The van der Waals surface area contributed by atoms with Crippen LogP contribution in [0.15, 0.2) is 35.7 Å². The lowest BCUT2D eigenvalue weighted by molar-refractivity contribution is 0.687. The highest BCUT2D eigenvalue weighted by Gasteiger charge is 2.12. The second-order valence-corrected chi connectivity index (χ2v) is 5.94. The van der Waals surface area contributed by atoms with Crippen molar-refractivity contribution in [1.29, 1.82) is 0 Å². The van der Waals surface area contributed by atoms with Crippen LogP contribution in [0, 0.1) is 6.92 Å². The van der Waals surface area contributed by atoms with Crippen LogP contribution < -0.4 is 10.6 Å². The first-order chi connectivity index (χ1) is 8.56. The number of aryl methyl sites for hydroxylation is 1. The predicted octanol–water partition coefficient (Wildman–Crippen LogP) is 4.05. The number of benzene rings is 1. The fourth-order valence-corrected chi connectivity index (χ4v) is 2.80. The number of anilines is 2. The molecule has 0 radical (unpaired) electrons. The van der Waals surface area contributed by atoms with Crippen LogP contribution >= 0.6 is 11.3 Å². The molecule has 0 amide bonds. The van der Waals surface area contributed by atoms with E-state index in [-0.39, 0.29) is 0 Å². The highest BCUT2D eigenvalue weighted by Crippen LogP contribution is 2.25. The third-order valence-corrected chi connectivity index (χ3v) is 3.81.